The highest BCUT2D eigenvalue weighted by Crippen LogP contribution is 2.39. The van der Waals surface area contributed by atoms with Gasteiger partial charge in [0, 0.05) is 0 Å². The molecule has 0 atom stereocenters. The van der Waals surface area contributed by atoms with Gasteiger partial charge in [0.05, 0.1) is 0 Å². The van der Waals surface area contributed by atoms with Crippen LogP contribution in [0.2, 0.25) is 0 Å². The van der Waals surface area contributed by atoms with Crippen molar-refractivity contribution in [2.45, 2.75) is 18.8 Å². The molecule has 1 aliphatic carbocycles. The first-order valence-electron chi connectivity index (χ1n) is 5.24. The fraction of sp³-hybridized carbons (Fsp3) is 0.214. The second-order valence-corrected chi connectivity index (χ2v) is 3.88. The Morgan fingerprint density at radius 3 is 2.47 bits per heavy atom. The van der Waals surface area contributed by atoms with Crippen LogP contribution in [0.4, 0.5) is 0 Å². The number of benzene rings is 1. The number of hydrogen-bond donors (Lipinski definition) is 0. The van der Waals surface area contributed by atoms with Crippen LogP contribution in [0.15, 0.2) is 43.0 Å². The maximum Gasteiger partial charge on any atom is 0.178 e. The van der Waals surface area contributed by atoms with Crippen LogP contribution in [0.1, 0.15) is 29.9 Å². The van der Waals surface area contributed by atoms with Gasteiger partial charge in [0.1, 0.15) is 0 Å². The maximum atomic E-state index is 11.0. The molecule has 0 aromatic heterocycles. The highest BCUT2D eigenvalue weighted by atomic mass is 16.1. The molecule has 1 saturated carbocycles. The van der Waals surface area contributed by atoms with E-state index in [9.17, 15) is 4.79 Å². The largest absolute Gasteiger partial charge is 0.290 e. The normalized spacial score (nSPS) is 15.5. The number of rotatable bonds is 4. The second kappa shape index (κ2) is 4.26. The van der Waals surface area contributed by atoms with E-state index in [-0.39, 0.29) is 5.78 Å². The Bertz CT molecular complexity index is 394. The molecule has 1 fully saturated rings. The molecule has 0 bridgehead atoms. The lowest BCUT2D eigenvalue weighted by Crippen LogP contribution is -1.83. The lowest BCUT2D eigenvalue weighted by Gasteiger charge is -1.97. The number of ketones is 1. The first-order chi connectivity index (χ1) is 7.29. The molecular weight excluding hydrogens is 184 g/mol. The van der Waals surface area contributed by atoms with Gasteiger partial charge in [-0.1, -0.05) is 36.9 Å². The third-order valence-electron chi connectivity index (χ3n) is 2.63. The average molecular weight is 198 g/mol. The van der Waals surface area contributed by atoms with E-state index in [1.54, 1.807) is 6.08 Å². The predicted octanol–water partition coefficient (Wildman–Crippen LogP) is 3.33. The minimum atomic E-state index is -0.0544. The molecule has 0 aliphatic heterocycles. The number of allylic oxidation sites excluding steroid dienone is 2. The molecule has 0 N–H and O–H groups in total. The van der Waals surface area contributed by atoms with Gasteiger partial charge in [-0.15, -0.1) is 0 Å². The number of carbonyl (C=O) groups is 1. The van der Waals surface area contributed by atoms with E-state index in [0.717, 1.165) is 11.5 Å². The van der Waals surface area contributed by atoms with Crippen molar-refractivity contribution < 1.29 is 4.79 Å². The standard InChI is InChI=1S/C14H14O/c1-2-14(15)10-5-11-3-6-12(7-4-11)13-8-9-13/h2-7,10,13H,1,8-9H2/b10-5+. The van der Waals surface area contributed by atoms with Crippen molar-refractivity contribution in [1.29, 1.82) is 0 Å². The third kappa shape index (κ3) is 2.66. The zero-order chi connectivity index (χ0) is 10.7. The molecule has 0 amide bonds. The van der Waals surface area contributed by atoms with Crippen LogP contribution >= 0.6 is 0 Å². The third-order valence-corrected chi connectivity index (χ3v) is 2.63. The van der Waals surface area contributed by atoms with Gasteiger partial charge < -0.3 is 0 Å². The maximum absolute atomic E-state index is 11.0. The average Bonchev–Trinajstić information content (AvgIpc) is 3.10. The van der Waals surface area contributed by atoms with Crippen LogP contribution in [-0.4, -0.2) is 5.78 Å². The van der Waals surface area contributed by atoms with Gasteiger partial charge in [-0.2, -0.15) is 0 Å². The van der Waals surface area contributed by atoms with Crippen molar-refractivity contribution in [1.82, 2.24) is 0 Å². The molecule has 0 heterocycles. The minimum absolute atomic E-state index is 0.0544. The van der Waals surface area contributed by atoms with Crippen molar-refractivity contribution >= 4 is 11.9 Å². The van der Waals surface area contributed by atoms with Crippen LogP contribution in [0.25, 0.3) is 6.08 Å². The lowest BCUT2D eigenvalue weighted by atomic mass is 10.1. The SMILES string of the molecule is C=CC(=O)/C=C/c1ccc(C2CC2)cc1. The van der Waals surface area contributed by atoms with Crippen LogP contribution in [0.5, 0.6) is 0 Å². The lowest BCUT2D eigenvalue weighted by molar-refractivity contribution is -0.110. The van der Waals surface area contributed by atoms with E-state index < -0.39 is 0 Å². The summed E-state index contributed by atoms with van der Waals surface area (Å²) in [5.74, 6) is 0.735. The summed E-state index contributed by atoms with van der Waals surface area (Å²) in [6.45, 7) is 3.42. The van der Waals surface area contributed by atoms with Gasteiger partial charge in [-0.3, -0.25) is 4.79 Å². The van der Waals surface area contributed by atoms with Gasteiger partial charge in [0.25, 0.3) is 0 Å². The molecule has 0 unspecified atom stereocenters. The van der Waals surface area contributed by atoms with Crippen molar-refractivity contribution in [3.8, 4) is 0 Å². The Kier molecular flexibility index (Phi) is 2.82. The van der Waals surface area contributed by atoms with Gasteiger partial charge in [-0.05, 0) is 42.0 Å². The molecule has 1 aromatic rings. The Morgan fingerprint density at radius 2 is 1.93 bits per heavy atom. The molecule has 2 rings (SSSR count). The van der Waals surface area contributed by atoms with E-state index in [1.807, 2.05) is 6.08 Å². The monoisotopic (exact) mass is 198 g/mol. The van der Waals surface area contributed by atoms with Crippen LogP contribution in [0, 0.1) is 0 Å². The molecule has 15 heavy (non-hydrogen) atoms. The van der Waals surface area contributed by atoms with Crippen LogP contribution < -0.4 is 0 Å². The fourth-order valence-corrected chi connectivity index (χ4v) is 1.54. The minimum Gasteiger partial charge on any atom is -0.290 e. The summed E-state index contributed by atoms with van der Waals surface area (Å²) in [6, 6.07) is 8.41. The summed E-state index contributed by atoms with van der Waals surface area (Å²) in [5, 5.41) is 0. The smallest absolute Gasteiger partial charge is 0.178 e. The quantitative estimate of drug-likeness (QED) is 0.678. The van der Waals surface area contributed by atoms with Gasteiger partial charge >= 0.3 is 0 Å². The van der Waals surface area contributed by atoms with Crippen molar-refractivity contribution in [3.63, 3.8) is 0 Å². The second-order valence-electron chi connectivity index (χ2n) is 3.88. The molecule has 76 valence electrons. The van der Waals surface area contributed by atoms with Crippen LogP contribution in [0.3, 0.4) is 0 Å². The number of hydrogen-bond acceptors (Lipinski definition) is 1. The van der Waals surface area contributed by atoms with E-state index in [1.165, 1.54) is 24.5 Å². The highest BCUT2D eigenvalue weighted by molar-refractivity contribution is 6.01. The fourth-order valence-electron chi connectivity index (χ4n) is 1.54. The molecule has 1 nitrogen and oxygen atoms in total. The molecule has 0 saturated heterocycles. The van der Waals surface area contributed by atoms with Crippen molar-refractivity contribution in [3.05, 3.63) is 54.1 Å². The van der Waals surface area contributed by atoms with E-state index in [2.05, 4.69) is 30.8 Å². The molecule has 0 spiro atoms. The Balaban J connectivity index is 2.06. The Hall–Kier alpha value is -1.63. The Morgan fingerprint density at radius 1 is 1.27 bits per heavy atom. The van der Waals surface area contributed by atoms with Gasteiger partial charge in [0.2, 0.25) is 0 Å². The van der Waals surface area contributed by atoms with E-state index >= 15 is 0 Å². The zero-order valence-electron chi connectivity index (χ0n) is 8.65. The topological polar surface area (TPSA) is 17.1 Å². The van der Waals surface area contributed by atoms with E-state index in [4.69, 9.17) is 0 Å². The summed E-state index contributed by atoms with van der Waals surface area (Å²) in [5.41, 5.74) is 2.48. The first-order valence-corrected chi connectivity index (χ1v) is 5.24. The summed E-state index contributed by atoms with van der Waals surface area (Å²) in [6.07, 6.45) is 7.32. The first kappa shape index (κ1) is 9.91. The Labute approximate surface area is 90.1 Å². The van der Waals surface area contributed by atoms with Gasteiger partial charge in [-0.25, -0.2) is 0 Å². The van der Waals surface area contributed by atoms with Crippen LogP contribution in [-0.2, 0) is 4.79 Å². The molecule has 1 aromatic carbocycles. The summed E-state index contributed by atoms with van der Waals surface area (Å²) in [4.78, 5) is 11.0. The van der Waals surface area contributed by atoms with E-state index in [0.29, 0.717) is 0 Å². The summed E-state index contributed by atoms with van der Waals surface area (Å²) >= 11 is 0. The van der Waals surface area contributed by atoms with Gasteiger partial charge in [0.15, 0.2) is 5.78 Å². The summed E-state index contributed by atoms with van der Waals surface area (Å²) in [7, 11) is 0. The molecule has 1 heteroatoms. The summed E-state index contributed by atoms with van der Waals surface area (Å²) < 4.78 is 0. The molecular formula is C14H14O. The number of carbonyl (C=O) groups excluding carboxylic acids is 1. The van der Waals surface area contributed by atoms with Crippen molar-refractivity contribution in [2.75, 3.05) is 0 Å². The predicted molar refractivity (Wildman–Crippen MR) is 62.7 cm³/mol. The highest BCUT2D eigenvalue weighted by Gasteiger charge is 2.22. The van der Waals surface area contributed by atoms with Crippen molar-refractivity contribution in [2.24, 2.45) is 0 Å². The molecule has 0 radical (unpaired) electrons. The zero-order valence-corrected chi connectivity index (χ0v) is 8.65. The molecule has 1 aliphatic rings.